The molecule has 2 aromatic carbocycles. The van der Waals surface area contributed by atoms with Gasteiger partial charge in [0.1, 0.15) is 5.82 Å². The number of aliphatic imine (C=N–C) groups is 1. The average Bonchev–Trinajstić information content (AvgIpc) is 2.59. The summed E-state index contributed by atoms with van der Waals surface area (Å²) in [6.07, 6.45) is -2.03. The third-order valence-electron chi connectivity index (χ3n) is 3.48. The molecule has 2 aromatic rings. The molecule has 0 bridgehead atoms. The first-order valence-electron chi connectivity index (χ1n) is 6.53. The zero-order valence-electron chi connectivity index (χ0n) is 11.6. The van der Waals surface area contributed by atoms with Crippen molar-refractivity contribution in [3.8, 4) is 0 Å². The number of rotatable bonds is 1. The topological polar surface area (TPSA) is 32.7 Å². The van der Waals surface area contributed by atoms with Gasteiger partial charge in [-0.2, -0.15) is 0 Å². The highest BCUT2D eigenvalue weighted by Gasteiger charge is 2.30. The highest BCUT2D eigenvalue weighted by molar-refractivity contribution is 9.10. The van der Waals surface area contributed by atoms with Crippen LogP contribution in [0.5, 0.6) is 0 Å². The summed E-state index contributed by atoms with van der Waals surface area (Å²) in [5.74, 6) is -1.26. The Hall–Kier alpha value is -2.08. The van der Waals surface area contributed by atoms with Crippen LogP contribution in [0.2, 0.25) is 0 Å². The second-order valence-corrected chi connectivity index (χ2v) is 5.71. The molecule has 112 valence electrons. The van der Waals surface area contributed by atoms with Crippen molar-refractivity contribution in [1.82, 2.24) is 0 Å². The SMILES string of the molecule is CN1C(=O)C(F)N=C(c2ccccc2Br)c2cc(F)ccc21. The van der Waals surface area contributed by atoms with Crippen LogP contribution in [0.1, 0.15) is 11.1 Å². The summed E-state index contributed by atoms with van der Waals surface area (Å²) in [5.41, 5.74) is 1.64. The minimum atomic E-state index is -2.03. The summed E-state index contributed by atoms with van der Waals surface area (Å²) in [4.78, 5) is 17.0. The number of carbonyl (C=O) groups is 1. The Labute approximate surface area is 134 Å². The number of hydrogen-bond donors (Lipinski definition) is 0. The molecule has 3 rings (SSSR count). The van der Waals surface area contributed by atoms with Crippen LogP contribution in [0.3, 0.4) is 0 Å². The van der Waals surface area contributed by atoms with Gasteiger partial charge in [-0.1, -0.05) is 34.1 Å². The molecule has 6 heteroatoms. The molecule has 1 amide bonds. The Kier molecular flexibility index (Phi) is 3.78. The van der Waals surface area contributed by atoms with Crippen LogP contribution in [0.4, 0.5) is 14.5 Å². The molecule has 0 N–H and O–H groups in total. The van der Waals surface area contributed by atoms with E-state index in [4.69, 9.17) is 0 Å². The lowest BCUT2D eigenvalue weighted by atomic mass is 10.00. The first-order chi connectivity index (χ1) is 10.5. The van der Waals surface area contributed by atoms with Crippen molar-refractivity contribution in [3.05, 3.63) is 63.9 Å². The molecular weight excluding hydrogens is 354 g/mol. The van der Waals surface area contributed by atoms with E-state index >= 15 is 0 Å². The normalized spacial score (nSPS) is 17.8. The smallest absolute Gasteiger partial charge is 0.284 e. The van der Waals surface area contributed by atoms with Crippen molar-refractivity contribution in [3.63, 3.8) is 0 Å². The van der Waals surface area contributed by atoms with Gasteiger partial charge < -0.3 is 4.90 Å². The van der Waals surface area contributed by atoms with Crippen molar-refractivity contribution >= 4 is 33.2 Å². The minimum Gasteiger partial charge on any atom is -0.311 e. The Morgan fingerprint density at radius 2 is 1.91 bits per heavy atom. The van der Waals surface area contributed by atoms with Crippen molar-refractivity contribution in [1.29, 1.82) is 0 Å². The van der Waals surface area contributed by atoms with Gasteiger partial charge in [0, 0.05) is 22.6 Å². The predicted molar refractivity (Wildman–Crippen MR) is 84.5 cm³/mol. The number of halogens is 3. The van der Waals surface area contributed by atoms with E-state index in [1.807, 2.05) is 6.07 Å². The zero-order chi connectivity index (χ0) is 15.9. The molecule has 1 aliphatic rings. The third-order valence-corrected chi connectivity index (χ3v) is 4.17. The first kappa shape index (κ1) is 14.8. The molecule has 1 atom stereocenters. The number of carbonyl (C=O) groups excluding carboxylic acids is 1. The van der Waals surface area contributed by atoms with Gasteiger partial charge in [-0.05, 0) is 24.3 Å². The van der Waals surface area contributed by atoms with Gasteiger partial charge in [0.25, 0.3) is 12.2 Å². The summed E-state index contributed by atoms with van der Waals surface area (Å²) in [5, 5.41) is 0. The van der Waals surface area contributed by atoms with Crippen molar-refractivity contribution < 1.29 is 13.6 Å². The minimum absolute atomic E-state index is 0.243. The summed E-state index contributed by atoms with van der Waals surface area (Å²) >= 11 is 3.38. The van der Waals surface area contributed by atoms with Gasteiger partial charge in [0.2, 0.25) is 0 Å². The van der Waals surface area contributed by atoms with E-state index in [0.717, 1.165) is 4.90 Å². The van der Waals surface area contributed by atoms with E-state index in [1.165, 1.54) is 25.2 Å². The Morgan fingerprint density at radius 3 is 2.64 bits per heavy atom. The summed E-state index contributed by atoms with van der Waals surface area (Å²) < 4.78 is 28.5. The first-order valence-corrected chi connectivity index (χ1v) is 7.32. The molecule has 3 nitrogen and oxygen atoms in total. The Bertz CT molecular complexity index is 791. The number of benzene rings is 2. The third kappa shape index (κ3) is 2.43. The second kappa shape index (κ2) is 5.61. The van der Waals surface area contributed by atoms with E-state index in [-0.39, 0.29) is 5.71 Å². The molecule has 0 radical (unpaired) electrons. The number of fused-ring (bicyclic) bond motifs is 1. The Balaban J connectivity index is 2.31. The lowest BCUT2D eigenvalue weighted by Crippen LogP contribution is -2.32. The fourth-order valence-corrected chi connectivity index (χ4v) is 2.85. The van der Waals surface area contributed by atoms with Gasteiger partial charge >= 0.3 is 0 Å². The molecule has 1 heterocycles. The molecule has 0 saturated carbocycles. The van der Waals surface area contributed by atoms with E-state index in [0.29, 0.717) is 21.3 Å². The number of hydrogen-bond acceptors (Lipinski definition) is 2. The highest BCUT2D eigenvalue weighted by atomic mass is 79.9. The molecule has 0 aliphatic carbocycles. The fraction of sp³-hybridized carbons (Fsp3) is 0.125. The van der Waals surface area contributed by atoms with Crippen molar-refractivity contribution in [2.24, 2.45) is 4.99 Å². The number of alkyl halides is 1. The average molecular weight is 365 g/mol. The Morgan fingerprint density at radius 1 is 1.18 bits per heavy atom. The van der Waals surface area contributed by atoms with Gasteiger partial charge in [-0.25, -0.2) is 13.8 Å². The second-order valence-electron chi connectivity index (χ2n) is 4.85. The quantitative estimate of drug-likeness (QED) is 0.710. The van der Waals surface area contributed by atoms with Gasteiger partial charge in [-0.15, -0.1) is 0 Å². The largest absolute Gasteiger partial charge is 0.311 e. The molecular formula is C16H11BrF2N2O. The number of likely N-dealkylation sites (N-methyl/N-ethyl adjacent to an activating group) is 1. The fourth-order valence-electron chi connectivity index (χ4n) is 2.37. The summed E-state index contributed by atoms with van der Waals surface area (Å²) in [6, 6.07) is 11.0. The molecule has 0 spiro atoms. The molecule has 22 heavy (non-hydrogen) atoms. The number of anilines is 1. The van der Waals surface area contributed by atoms with Crippen molar-refractivity contribution in [2.75, 3.05) is 11.9 Å². The number of benzodiazepines with no additional fused rings is 1. The lowest BCUT2D eigenvalue weighted by Gasteiger charge is -2.18. The van der Waals surface area contributed by atoms with E-state index in [2.05, 4.69) is 20.9 Å². The monoisotopic (exact) mass is 364 g/mol. The van der Waals surface area contributed by atoms with Crippen LogP contribution in [0.15, 0.2) is 51.9 Å². The number of amides is 1. The van der Waals surface area contributed by atoms with Crippen LogP contribution in [-0.4, -0.2) is 25.0 Å². The molecule has 0 aromatic heterocycles. The van der Waals surface area contributed by atoms with E-state index in [1.54, 1.807) is 18.2 Å². The molecule has 1 unspecified atom stereocenters. The summed E-state index contributed by atoms with van der Waals surface area (Å²) in [7, 11) is 1.45. The standard InChI is InChI=1S/C16H11BrF2N2O/c1-21-13-7-6-9(18)8-11(13)14(20-15(19)16(21)22)10-4-2-3-5-12(10)17/h2-8,15H,1H3. The van der Waals surface area contributed by atoms with Crippen LogP contribution < -0.4 is 4.90 Å². The predicted octanol–water partition coefficient (Wildman–Crippen LogP) is 3.70. The molecule has 0 saturated heterocycles. The van der Waals surface area contributed by atoms with E-state index in [9.17, 15) is 13.6 Å². The van der Waals surface area contributed by atoms with Crippen LogP contribution in [0.25, 0.3) is 0 Å². The lowest BCUT2D eigenvalue weighted by molar-refractivity contribution is -0.122. The van der Waals surface area contributed by atoms with Crippen molar-refractivity contribution in [2.45, 2.75) is 6.30 Å². The van der Waals surface area contributed by atoms with E-state index < -0.39 is 18.0 Å². The van der Waals surface area contributed by atoms with Crippen LogP contribution in [0, 0.1) is 5.82 Å². The van der Waals surface area contributed by atoms with Gasteiger partial charge in [-0.3, -0.25) is 4.79 Å². The van der Waals surface area contributed by atoms with Crippen LogP contribution in [-0.2, 0) is 4.79 Å². The highest BCUT2D eigenvalue weighted by Crippen LogP contribution is 2.30. The maximum atomic E-state index is 14.1. The molecule has 0 fully saturated rings. The summed E-state index contributed by atoms with van der Waals surface area (Å²) in [6.45, 7) is 0. The number of nitrogens with zero attached hydrogens (tertiary/aromatic N) is 2. The van der Waals surface area contributed by atoms with Gasteiger partial charge in [0.15, 0.2) is 0 Å². The zero-order valence-corrected chi connectivity index (χ0v) is 13.1. The maximum absolute atomic E-state index is 14.1. The maximum Gasteiger partial charge on any atom is 0.284 e. The molecule has 1 aliphatic heterocycles. The van der Waals surface area contributed by atoms with Crippen LogP contribution >= 0.6 is 15.9 Å². The van der Waals surface area contributed by atoms with Gasteiger partial charge in [0.05, 0.1) is 11.4 Å².